The highest BCUT2D eigenvalue weighted by molar-refractivity contribution is 7.99. The molecule has 0 aromatic rings. The van der Waals surface area contributed by atoms with Gasteiger partial charge in [0.05, 0.1) is 0 Å². The Morgan fingerprint density at radius 2 is 2.11 bits per heavy atom. The highest BCUT2D eigenvalue weighted by atomic mass is 32.2. The number of nitrogens with zero attached hydrogens (tertiary/aromatic N) is 1. The van der Waals surface area contributed by atoms with Crippen LogP contribution in [0.5, 0.6) is 0 Å². The molecular formula is C12H22N2O3S. The van der Waals surface area contributed by atoms with Crippen molar-refractivity contribution >= 4 is 23.8 Å². The van der Waals surface area contributed by atoms with Crippen molar-refractivity contribution in [2.75, 3.05) is 18.8 Å². The van der Waals surface area contributed by atoms with Gasteiger partial charge in [-0.2, -0.15) is 11.8 Å². The molecule has 2 N–H and O–H groups in total. The van der Waals surface area contributed by atoms with Crippen LogP contribution in [0.2, 0.25) is 0 Å². The molecule has 0 aromatic heterocycles. The molecule has 104 valence electrons. The van der Waals surface area contributed by atoms with E-state index in [2.05, 4.69) is 12.2 Å². The van der Waals surface area contributed by atoms with Gasteiger partial charge in [-0.15, -0.1) is 0 Å². The second kappa shape index (κ2) is 7.51. The van der Waals surface area contributed by atoms with Crippen LogP contribution in [-0.2, 0) is 4.79 Å². The SMILES string of the molecule is CCSC1CCCC1NC(=O)N(CC)CC(=O)O. The van der Waals surface area contributed by atoms with Gasteiger partial charge in [0.2, 0.25) is 0 Å². The maximum absolute atomic E-state index is 12.0. The number of rotatable bonds is 6. The van der Waals surface area contributed by atoms with Crippen LogP contribution in [-0.4, -0.2) is 52.1 Å². The molecule has 0 spiro atoms. The Hall–Kier alpha value is -0.910. The van der Waals surface area contributed by atoms with Gasteiger partial charge in [-0.1, -0.05) is 13.3 Å². The quantitative estimate of drug-likeness (QED) is 0.774. The Balaban J connectivity index is 2.49. The molecular weight excluding hydrogens is 252 g/mol. The molecule has 18 heavy (non-hydrogen) atoms. The lowest BCUT2D eigenvalue weighted by atomic mass is 10.2. The van der Waals surface area contributed by atoms with Crippen molar-refractivity contribution in [1.82, 2.24) is 10.2 Å². The first-order valence-electron chi connectivity index (χ1n) is 6.47. The summed E-state index contributed by atoms with van der Waals surface area (Å²) in [6.07, 6.45) is 3.26. The molecule has 6 heteroatoms. The Kier molecular flexibility index (Phi) is 6.32. The molecule has 0 aromatic carbocycles. The minimum atomic E-state index is -0.974. The minimum absolute atomic E-state index is 0.185. The molecule has 1 aliphatic rings. The van der Waals surface area contributed by atoms with Gasteiger partial charge in [0.25, 0.3) is 0 Å². The second-order valence-corrected chi connectivity index (χ2v) is 5.90. The lowest BCUT2D eigenvalue weighted by Crippen LogP contribution is -2.48. The van der Waals surface area contributed by atoms with Crippen LogP contribution in [0.1, 0.15) is 33.1 Å². The molecule has 2 amide bonds. The molecule has 1 aliphatic carbocycles. The third-order valence-electron chi connectivity index (χ3n) is 3.14. The Bertz CT molecular complexity index is 299. The van der Waals surface area contributed by atoms with Crippen LogP contribution in [0, 0.1) is 0 Å². The van der Waals surface area contributed by atoms with E-state index in [1.807, 2.05) is 11.8 Å². The van der Waals surface area contributed by atoms with E-state index in [1.165, 1.54) is 4.90 Å². The first-order chi connectivity index (χ1) is 8.58. The Labute approximate surface area is 112 Å². The predicted molar refractivity (Wildman–Crippen MR) is 73.0 cm³/mol. The summed E-state index contributed by atoms with van der Waals surface area (Å²) in [4.78, 5) is 23.9. The van der Waals surface area contributed by atoms with E-state index >= 15 is 0 Å². The number of urea groups is 1. The molecule has 0 aliphatic heterocycles. The van der Waals surface area contributed by atoms with Crippen LogP contribution in [0.15, 0.2) is 0 Å². The van der Waals surface area contributed by atoms with Crippen LogP contribution in [0.25, 0.3) is 0 Å². The zero-order chi connectivity index (χ0) is 13.5. The molecule has 1 fully saturated rings. The number of likely N-dealkylation sites (N-methyl/N-ethyl adjacent to an activating group) is 1. The maximum atomic E-state index is 12.0. The molecule has 1 rings (SSSR count). The fourth-order valence-electron chi connectivity index (χ4n) is 2.25. The number of thioether (sulfide) groups is 1. The largest absolute Gasteiger partial charge is 0.480 e. The lowest BCUT2D eigenvalue weighted by molar-refractivity contribution is -0.137. The Morgan fingerprint density at radius 1 is 1.39 bits per heavy atom. The van der Waals surface area contributed by atoms with Crippen molar-refractivity contribution in [1.29, 1.82) is 0 Å². The van der Waals surface area contributed by atoms with E-state index in [1.54, 1.807) is 6.92 Å². The number of amides is 2. The maximum Gasteiger partial charge on any atom is 0.323 e. The molecule has 2 atom stereocenters. The summed E-state index contributed by atoms with van der Waals surface area (Å²) >= 11 is 1.87. The van der Waals surface area contributed by atoms with Gasteiger partial charge in [-0.25, -0.2) is 4.79 Å². The number of nitrogens with one attached hydrogen (secondary N) is 1. The summed E-state index contributed by atoms with van der Waals surface area (Å²) in [6.45, 7) is 4.08. The van der Waals surface area contributed by atoms with Crippen molar-refractivity contribution < 1.29 is 14.7 Å². The molecule has 2 unspecified atom stereocenters. The fourth-order valence-corrected chi connectivity index (χ4v) is 3.44. The minimum Gasteiger partial charge on any atom is -0.480 e. The number of carboxylic acids is 1. The van der Waals surface area contributed by atoms with E-state index in [-0.39, 0.29) is 18.6 Å². The van der Waals surface area contributed by atoms with E-state index in [4.69, 9.17) is 5.11 Å². The fraction of sp³-hybridized carbons (Fsp3) is 0.833. The second-order valence-electron chi connectivity index (χ2n) is 4.39. The van der Waals surface area contributed by atoms with E-state index < -0.39 is 5.97 Å². The monoisotopic (exact) mass is 274 g/mol. The summed E-state index contributed by atoms with van der Waals surface area (Å²) in [6, 6.07) is -0.0706. The summed E-state index contributed by atoms with van der Waals surface area (Å²) in [5.74, 6) is 0.0711. The van der Waals surface area contributed by atoms with Crippen LogP contribution >= 0.6 is 11.8 Å². The number of carboxylic acid groups (broad SMARTS) is 1. The van der Waals surface area contributed by atoms with Gasteiger partial charge in [0.1, 0.15) is 6.54 Å². The lowest BCUT2D eigenvalue weighted by Gasteiger charge is -2.25. The number of aliphatic carboxylic acids is 1. The van der Waals surface area contributed by atoms with Crippen LogP contribution in [0.3, 0.4) is 0 Å². The van der Waals surface area contributed by atoms with Crippen molar-refractivity contribution in [2.45, 2.75) is 44.4 Å². The molecule has 0 radical (unpaired) electrons. The van der Waals surface area contributed by atoms with Crippen LogP contribution < -0.4 is 5.32 Å². The molecule has 5 nitrogen and oxygen atoms in total. The summed E-state index contributed by atoms with van der Waals surface area (Å²) in [5.41, 5.74) is 0. The van der Waals surface area contributed by atoms with Crippen LogP contribution in [0.4, 0.5) is 4.79 Å². The standard InChI is InChI=1S/C12H22N2O3S/c1-3-14(8-11(15)16)12(17)13-9-6-5-7-10(9)18-4-2/h9-10H,3-8H2,1-2H3,(H,13,17)(H,15,16). The first-order valence-corrected chi connectivity index (χ1v) is 7.52. The zero-order valence-electron chi connectivity index (χ0n) is 11.0. The molecule has 0 bridgehead atoms. The number of hydrogen-bond acceptors (Lipinski definition) is 3. The average Bonchev–Trinajstić information content (AvgIpc) is 2.73. The molecule has 0 saturated heterocycles. The summed E-state index contributed by atoms with van der Waals surface area (Å²) in [5, 5.41) is 12.2. The Morgan fingerprint density at radius 3 is 2.67 bits per heavy atom. The van der Waals surface area contributed by atoms with Crippen molar-refractivity contribution in [3.63, 3.8) is 0 Å². The van der Waals surface area contributed by atoms with E-state index in [0.29, 0.717) is 11.8 Å². The number of hydrogen-bond donors (Lipinski definition) is 2. The van der Waals surface area contributed by atoms with Gasteiger partial charge in [0, 0.05) is 17.8 Å². The van der Waals surface area contributed by atoms with Crippen molar-refractivity contribution in [3.05, 3.63) is 0 Å². The van der Waals surface area contributed by atoms with E-state index in [9.17, 15) is 9.59 Å². The van der Waals surface area contributed by atoms with Gasteiger partial charge in [-0.05, 0) is 25.5 Å². The first kappa shape index (κ1) is 15.1. The van der Waals surface area contributed by atoms with Gasteiger partial charge < -0.3 is 15.3 Å². The van der Waals surface area contributed by atoms with Gasteiger partial charge in [-0.3, -0.25) is 4.79 Å². The van der Waals surface area contributed by atoms with Gasteiger partial charge in [0.15, 0.2) is 0 Å². The average molecular weight is 274 g/mol. The predicted octanol–water partition coefficient (Wildman–Crippen LogP) is 1.78. The highest BCUT2D eigenvalue weighted by Gasteiger charge is 2.29. The molecule has 1 saturated carbocycles. The van der Waals surface area contributed by atoms with E-state index in [0.717, 1.165) is 25.0 Å². The summed E-state index contributed by atoms with van der Waals surface area (Å²) in [7, 11) is 0. The van der Waals surface area contributed by atoms with Gasteiger partial charge >= 0.3 is 12.0 Å². The molecule has 0 heterocycles. The summed E-state index contributed by atoms with van der Waals surface area (Å²) < 4.78 is 0. The number of carbonyl (C=O) groups is 2. The number of carbonyl (C=O) groups excluding carboxylic acids is 1. The van der Waals surface area contributed by atoms with Crippen molar-refractivity contribution in [2.24, 2.45) is 0 Å². The topological polar surface area (TPSA) is 69.6 Å². The zero-order valence-corrected chi connectivity index (χ0v) is 11.8. The smallest absolute Gasteiger partial charge is 0.323 e. The third-order valence-corrected chi connectivity index (χ3v) is 4.46. The normalized spacial score (nSPS) is 22.8. The highest BCUT2D eigenvalue weighted by Crippen LogP contribution is 2.29. The van der Waals surface area contributed by atoms with Crippen molar-refractivity contribution in [3.8, 4) is 0 Å². The third kappa shape index (κ3) is 4.40.